The molecule has 1 aliphatic rings. The molecule has 0 amide bonds. The molecule has 5 heteroatoms. The van der Waals surface area contributed by atoms with E-state index in [0.717, 1.165) is 0 Å². The molecular formula is C14H17FO4. The van der Waals surface area contributed by atoms with Crippen LogP contribution in [0, 0.1) is 0 Å². The van der Waals surface area contributed by atoms with Gasteiger partial charge in [-0.15, -0.1) is 0 Å². The average Bonchev–Trinajstić information content (AvgIpc) is 2.48. The van der Waals surface area contributed by atoms with Gasteiger partial charge in [0, 0.05) is 13.5 Å². The van der Waals surface area contributed by atoms with Gasteiger partial charge in [0.15, 0.2) is 6.29 Å². The third kappa shape index (κ3) is 3.52. The summed E-state index contributed by atoms with van der Waals surface area (Å²) < 4.78 is 28.6. The molecule has 1 aromatic carbocycles. The van der Waals surface area contributed by atoms with Gasteiger partial charge in [0.2, 0.25) is 0 Å². The molecule has 0 spiro atoms. The van der Waals surface area contributed by atoms with Crippen LogP contribution in [0.1, 0.15) is 23.2 Å². The maximum atomic E-state index is 12.9. The zero-order chi connectivity index (χ0) is 13.7. The highest BCUT2D eigenvalue weighted by Crippen LogP contribution is 2.24. The first-order chi connectivity index (χ1) is 9.24. The monoisotopic (exact) mass is 268 g/mol. The number of carbonyl (C=O) groups excluding carboxylic acids is 1. The van der Waals surface area contributed by atoms with Gasteiger partial charge in [0.25, 0.3) is 0 Å². The van der Waals surface area contributed by atoms with E-state index < -0.39 is 31.1 Å². The van der Waals surface area contributed by atoms with Crippen molar-refractivity contribution in [3.8, 4) is 0 Å². The van der Waals surface area contributed by atoms with Crippen molar-refractivity contribution in [3.05, 3.63) is 35.9 Å². The van der Waals surface area contributed by atoms with Gasteiger partial charge < -0.3 is 14.2 Å². The molecule has 0 saturated carbocycles. The van der Waals surface area contributed by atoms with Crippen molar-refractivity contribution in [2.75, 3.05) is 13.8 Å². The lowest BCUT2D eigenvalue weighted by molar-refractivity contribution is -0.214. The molecule has 4 nitrogen and oxygen atoms in total. The SMILES string of the molecule is CO[C@H]1CC[C@@H](OC(=O)c2ccccc2)[C@H](CF)O1. The zero-order valence-corrected chi connectivity index (χ0v) is 10.8. The molecule has 1 heterocycles. The summed E-state index contributed by atoms with van der Waals surface area (Å²) in [7, 11) is 1.51. The lowest BCUT2D eigenvalue weighted by Gasteiger charge is -2.33. The standard InChI is InChI=1S/C14H17FO4/c1-17-13-8-7-11(12(9-15)18-13)19-14(16)10-5-3-2-4-6-10/h2-6,11-13H,7-9H2,1H3/t11-,12+,13-/m1/s1. The number of methoxy groups -OCH3 is 1. The molecule has 1 aliphatic heterocycles. The summed E-state index contributed by atoms with van der Waals surface area (Å²) in [6.07, 6.45) is -0.631. The number of hydrogen-bond acceptors (Lipinski definition) is 4. The Morgan fingerprint density at radius 2 is 2.11 bits per heavy atom. The molecule has 0 unspecified atom stereocenters. The summed E-state index contributed by atoms with van der Waals surface area (Å²) >= 11 is 0. The van der Waals surface area contributed by atoms with Crippen LogP contribution < -0.4 is 0 Å². The van der Waals surface area contributed by atoms with E-state index in [1.807, 2.05) is 6.07 Å². The zero-order valence-electron chi connectivity index (χ0n) is 10.8. The van der Waals surface area contributed by atoms with E-state index >= 15 is 0 Å². The molecule has 0 aliphatic carbocycles. The summed E-state index contributed by atoms with van der Waals surface area (Å²) in [4.78, 5) is 11.9. The van der Waals surface area contributed by atoms with Crippen LogP contribution in [0.4, 0.5) is 4.39 Å². The number of rotatable bonds is 4. The van der Waals surface area contributed by atoms with Crippen molar-refractivity contribution >= 4 is 5.97 Å². The van der Waals surface area contributed by atoms with Gasteiger partial charge in [0.05, 0.1) is 5.56 Å². The second kappa shape index (κ2) is 6.63. The molecule has 1 fully saturated rings. The van der Waals surface area contributed by atoms with Gasteiger partial charge in [-0.25, -0.2) is 9.18 Å². The topological polar surface area (TPSA) is 44.8 Å². The molecule has 1 saturated heterocycles. The predicted octanol–water partition coefficient (Wildman–Crippen LogP) is 2.33. The van der Waals surface area contributed by atoms with Crippen molar-refractivity contribution in [2.24, 2.45) is 0 Å². The third-order valence-corrected chi connectivity index (χ3v) is 3.11. The maximum absolute atomic E-state index is 12.9. The van der Waals surface area contributed by atoms with Crippen molar-refractivity contribution < 1.29 is 23.4 Å². The number of halogens is 1. The third-order valence-electron chi connectivity index (χ3n) is 3.11. The summed E-state index contributed by atoms with van der Waals surface area (Å²) in [6, 6.07) is 8.64. The summed E-state index contributed by atoms with van der Waals surface area (Å²) in [5, 5.41) is 0. The number of benzene rings is 1. The van der Waals surface area contributed by atoms with Crippen molar-refractivity contribution in [1.82, 2.24) is 0 Å². The van der Waals surface area contributed by atoms with E-state index in [1.54, 1.807) is 24.3 Å². The molecule has 1 aromatic rings. The molecule has 2 rings (SSSR count). The Bertz CT molecular complexity index is 409. The van der Waals surface area contributed by atoms with Gasteiger partial charge in [-0.2, -0.15) is 0 Å². The quantitative estimate of drug-likeness (QED) is 0.786. The predicted molar refractivity (Wildman–Crippen MR) is 66.5 cm³/mol. The van der Waals surface area contributed by atoms with Gasteiger partial charge in [0.1, 0.15) is 18.9 Å². The minimum absolute atomic E-state index is 0.424. The molecule has 0 bridgehead atoms. The molecule has 0 aromatic heterocycles. The summed E-state index contributed by atoms with van der Waals surface area (Å²) in [5.41, 5.74) is 0.453. The number of esters is 1. The van der Waals surface area contributed by atoms with E-state index in [0.29, 0.717) is 18.4 Å². The van der Waals surface area contributed by atoms with E-state index in [4.69, 9.17) is 14.2 Å². The molecule has 0 radical (unpaired) electrons. The van der Waals surface area contributed by atoms with Crippen LogP contribution in [0.3, 0.4) is 0 Å². The van der Waals surface area contributed by atoms with Crippen LogP contribution in [0.2, 0.25) is 0 Å². The van der Waals surface area contributed by atoms with Crippen molar-refractivity contribution in [3.63, 3.8) is 0 Å². The first kappa shape index (κ1) is 14.0. The average molecular weight is 268 g/mol. The molecule has 19 heavy (non-hydrogen) atoms. The van der Waals surface area contributed by atoms with Crippen LogP contribution in [0.5, 0.6) is 0 Å². The largest absolute Gasteiger partial charge is 0.456 e. The van der Waals surface area contributed by atoms with Gasteiger partial charge in [-0.1, -0.05) is 18.2 Å². The fourth-order valence-electron chi connectivity index (χ4n) is 2.06. The number of ether oxygens (including phenoxy) is 3. The van der Waals surface area contributed by atoms with Crippen LogP contribution in [-0.2, 0) is 14.2 Å². The molecule has 104 valence electrons. The van der Waals surface area contributed by atoms with Crippen molar-refractivity contribution in [1.29, 1.82) is 0 Å². The fourth-order valence-corrected chi connectivity index (χ4v) is 2.06. The minimum atomic E-state index is -0.758. The van der Waals surface area contributed by atoms with Crippen LogP contribution in [0.25, 0.3) is 0 Å². The fraction of sp³-hybridized carbons (Fsp3) is 0.500. The van der Waals surface area contributed by atoms with E-state index in [1.165, 1.54) is 7.11 Å². The Morgan fingerprint density at radius 1 is 1.37 bits per heavy atom. The Labute approximate surface area is 111 Å². The van der Waals surface area contributed by atoms with Gasteiger partial charge in [-0.3, -0.25) is 0 Å². The van der Waals surface area contributed by atoms with E-state index in [-0.39, 0.29) is 0 Å². The second-order valence-corrected chi connectivity index (χ2v) is 4.38. The minimum Gasteiger partial charge on any atom is -0.456 e. The van der Waals surface area contributed by atoms with Gasteiger partial charge in [-0.05, 0) is 18.6 Å². The van der Waals surface area contributed by atoms with Gasteiger partial charge >= 0.3 is 5.97 Å². The summed E-state index contributed by atoms with van der Waals surface area (Å²) in [5.74, 6) is -0.455. The highest BCUT2D eigenvalue weighted by molar-refractivity contribution is 5.89. The molecule has 3 atom stereocenters. The second-order valence-electron chi connectivity index (χ2n) is 4.38. The van der Waals surface area contributed by atoms with Crippen LogP contribution in [-0.4, -0.2) is 38.3 Å². The number of hydrogen-bond donors (Lipinski definition) is 0. The highest BCUT2D eigenvalue weighted by Gasteiger charge is 2.34. The molecule has 0 N–H and O–H groups in total. The Hall–Kier alpha value is -1.46. The van der Waals surface area contributed by atoms with E-state index in [2.05, 4.69) is 0 Å². The first-order valence-electron chi connectivity index (χ1n) is 6.25. The Balaban J connectivity index is 1.96. The Kier molecular flexibility index (Phi) is 4.87. The lowest BCUT2D eigenvalue weighted by atomic mass is 10.1. The smallest absolute Gasteiger partial charge is 0.338 e. The van der Waals surface area contributed by atoms with Crippen LogP contribution >= 0.6 is 0 Å². The Morgan fingerprint density at radius 3 is 2.74 bits per heavy atom. The number of carbonyl (C=O) groups is 1. The normalized spacial score (nSPS) is 26.9. The molecular weight excluding hydrogens is 251 g/mol. The summed E-state index contributed by atoms with van der Waals surface area (Å²) in [6.45, 7) is -0.702. The highest BCUT2D eigenvalue weighted by atomic mass is 19.1. The lowest BCUT2D eigenvalue weighted by Crippen LogP contribution is -2.43. The van der Waals surface area contributed by atoms with E-state index in [9.17, 15) is 9.18 Å². The van der Waals surface area contributed by atoms with Crippen LogP contribution in [0.15, 0.2) is 30.3 Å². The van der Waals surface area contributed by atoms with Crippen molar-refractivity contribution in [2.45, 2.75) is 31.3 Å². The first-order valence-corrected chi connectivity index (χ1v) is 6.25. The number of alkyl halides is 1. The maximum Gasteiger partial charge on any atom is 0.338 e.